The van der Waals surface area contributed by atoms with Gasteiger partial charge in [0.15, 0.2) is 5.58 Å². The van der Waals surface area contributed by atoms with Gasteiger partial charge in [-0.05, 0) is 47.9 Å². The van der Waals surface area contributed by atoms with Gasteiger partial charge in [-0.15, -0.1) is 0 Å². The lowest BCUT2D eigenvalue weighted by Crippen LogP contribution is -2.04. The first kappa shape index (κ1) is 18.6. The van der Waals surface area contributed by atoms with Crippen molar-refractivity contribution in [1.29, 1.82) is 0 Å². The highest BCUT2D eigenvalue weighted by atomic mass is 32.2. The van der Waals surface area contributed by atoms with Crippen molar-refractivity contribution in [3.8, 4) is 11.1 Å². The van der Waals surface area contributed by atoms with Crippen molar-refractivity contribution in [1.82, 2.24) is 4.98 Å². The summed E-state index contributed by atoms with van der Waals surface area (Å²) < 4.78 is 43.7. The Morgan fingerprint density at radius 2 is 1.68 bits per heavy atom. The molecule has 142 valence electrons. The second-order valence-corrected chi connectivity index (χ2v) is 7.44. The third kappa shape index (κ3) is 4.07. The van der Waals surface area contributed by atoms with Crippen molar-refractivity contribution in [3.63, 3.8) is 0 Å². The van der Waals surface area contributed by atoms with Crippen LogP contribution >= 0.6 is 11.8 Å². The molecule has 0 aliphatic carbocycles. The Morgan fingerprint density at radius 3 is 2.39 bits per heavy atom. The van der Waals surface area contributed by atoms with Crippen LogP contribution in [0.3, 0.4) is 0 Å². The van der Waals surface area contributed by atoms with Crippen molar-refractivity contribution >= 4 is 22.9 Å². The van der Waals surface area contributed by atoms with Crippen LogP contribution in [0.5, 0.6) is 0 Å². The van der Waals surface area contributed by atoms with Crippen molar-refractivity contribution in [2.24, 2.45) is 0 Å². The molecule has 1 heterocycles. The summed E-state index contributed by atoms with van der Waals surface area (Å²) in [5.74, 6) is 0.482. The number of fused-ring (bicyclic) bond motifs is 1. The number of benzene rings is 3. The van der Waals surface area contributed by atoms with E-state index in [1.54, 1.807) is 0 Å². The molecule has 0 fully saturated rings. The average Bonchev–Trinajstić information content (AvgIpc) is 3.08. The molecule has 28 heavy (non-hydrogen) atoms. The largest absolute Gasteiger partial charge is 0.431 e. The van der Waals surface area contributed by atoms with Gasteiger partial charge in [0.05, 0.1) is 5.56 Å². The minimum Gasteiger partial charge on any atom is -0.431 e. The molecule has 0 spiro atoms. The first-order chi connectivity index (χ1) is 13.4. The lowest BCUT2D eigenvalue weighted by molar-refractivity contribution is -0.137. The van der Waals surface area contributed by atoms with E-state index in [1.165, 1.54) is 29.5 Å². The summed E-state index contributed by atoms with van der Waals surface area (Å²) in [7, 11) is 0. The number of hydrogen-bond donors (Lipinski definition) is 0. The molecule has 0 saturated heterocycles. The second kappa shape index (κ2) is 7.36. The molecule has 6 heteroatoms. The van der Waals surface area contributed by atoms with Crippen molar-refractivity contribution in [2.75, 3.05) is 0 Å². The third-order valence-corrected chi connectivity index (χ3v) is 5.26. The fourth-order valence-electron chi connectivity index (χ4n) is 2.91. The molecular formula is C22H16F3NOS. The summed E-state index contributed by atoms with van der Waals surface area (Å²) in [5, 5.41) is 0.497. The molecule has 0 amide bonds. The van der Waals surface area contributed by atoms with Crippen LogP contribution < -0.4 is 0 Å². The maximum absolute atomic E-state index is 12.6. The van der Waals surface area contributed by atoms with Crippen LogP contribution in [0.15, 0.2) is 76.4 Å². The number of aryl methyl sites for hydroxylation is 1. The SMILES string of the molecule is Cc1cccc(-c2ccc3oc(SCc4ccc(C(F)(F)F)cc4)nc3c2)c1. The zero-order valence-corrected chi connectivity index (χ0v) is 15.8. The molecule has 0 bridgehead atoms. The minimum atomic E-state index is -4.32. The number of halogens is 3. The number of hydrogen-bond acceptors (Lipinski definition) is 3. The zero-order chi connectivity index (χ0) is 19.7. The molecule has 0 N–H and O–H groups in total. The molecule has 0 saturated carbocycles. The van der Waals surface area contributed by atoms with Gasteiger partial charge < -0.3 is 4.42 Å². The molecule has 0 radical (unpaired) electrons. The fraction of sp³-hybridized carbons (Fsp3) is 0.136. The van der Waals surface area contributed by atoms with Crippen LogP contribution in [0.1, 0.15) is 16.7 Å². The number of aromatic nitrogens is 1. The summed E-state index contributed by atoms with van der Waals surface area (Å²) in [6.07, 6.45) is -4.32. The monoisotopic (exact) mass is 399 g/mol. The quantitative estimate of drug-likeness (QED) is 0.342. The van der Waals surface area contributed by atoms with Gasteiger partial charge in [0.25, 0.3) is 5.22 Å². The zero-order valence-electron chi connectivity index (χ0n) is 15.0. The molecule has 4 aromatic rings. The predicted molar refractivity (Wildman–Crippen MR) is 105 cm³/mol. The van der Waals surface area contributed by atoms with Crippen molar-refractivity contribution in [3.05, 3.63) is 83.4 Å². The van der Waals surface area contributed by atoms with E-state index >= 15 is 0 Å². The van der Waals surface area contributed by atoms with Gasteiger partial charge in [-0.2, -0.15) is 13.2 Å². The van der Waals surface area contributed by atoms with Gasteiger partial charge in [-0.25, -0.2) is 4.98 Å². The lowest BCUT2D eigenvalue weighted by atomic mass is 10.0. The van der Waals surface area contributed by atoms with Gasteiger partial charge >= 0.3 is 6.18 Å². The summed E-state index contributed by atoms with van der Waals surface area (Å²) in [5.41, 5.74) is 4.94. The van der Waals surface area contributed by atoms with E-state index in [4.69, 9.17) is 4.42 Å². The van der Waals surface area contributed by atoms with Gasteiger partial charge in [-0.1, -0.05) is 59.8 Å². The highest BCUT2D eigenvalue weighted by Crippen LogP contribution is 2.32. The van der Waals surface area contributed by atoms with Crippen LogP contribution in [0.25, 0.3) is 22.2 Å². The van der Waals surface area contributed by atoms with E-state index in [0.717, 1.165) is 34.3 Å². The average molecular weight is 399 g/mol. The standard InChI is InChI=1S/C22H16F3NOS/c1-14-3-2-4-16(11-14)17-7-10-20-19(12-17)26-21(27-20)28-13-15-5-8-18(9-6-15)22(23,24)25/h2-12H,13H2,1H3. The normalized spacial score (nSPS) is 11.9. The molecule has 0 atom stereocenters. The number of nitrogens with zero attached hydrogens (tertiary/aromatic N) is 1. The van der Waals surface area contributed by atoms with Crippen molar-refractivity contribution in [2.45, 2.75) is 24.1 Å². The van der Waals surface area contributed by atoms with E-state index in [2.05, 4.69) is 17.1 Å². The lowest BCUT2D eigenvalue weighted by Gasteiger charge is -2.06. The molecule has 1 aromatic heterocycles. The Morgan fingerprint density at radius 1 is 0.929 bits per heavy atom. The maximum Gasteiger partial charge on any atom is 0.416 e. The summed E-state index contributed by atoms with van der Waals surface area (Å²) in [6.45, 7) is 2.05. The van der Waals surface area contributed by atoms with Gasteiger partial charge in [-0.3, -0.25) is 0 Å². The highest BCUT2D eigenvalue weighted by molar-refractivity contribution is 7.98. The van der Waals surface area contributed by atoms with Crippen LogP contribution in [-0.4, -0.2) is 4.98 Å². The molecular weight excluding hydrogens is 383 g/mol. The molecule has 3 aromatic carbocycles. The number of thioether (sulfide) groups is 1. The van der Waals surface area contributed by atoms with Crippen LogP contribution in [-0.2, 0) is 11.9 Å². The molecule has 2 nitrogen and oxygen atoms in total. The molecule has 4 rings (SSSR count). The topological polar surface area (TPSA) is 26.0 Å². The Bertz CT molecular complexity index is 1120. The van der Waals surface area contributed by atoms with Crippen molar-refractivity contribution < 1.29 is 17.6 Å². The van der Waals surface area contributed by atoms with Crippen LogP contribution in [0, 0.1) is 6.92 Å². The highest BCUT2D eigenvalue weighted by Gasteiger charge is 2.29. The van der Waals surface area contributed by atoms with E-state index < -0.39 is 11.7 Å². The molecule has 0 aliphatic heterocycles. The smallest absolute Gasteiger partial charge is 0.416 e. The molecule has 0 unspecified atom stereocenters. The van der Waals surface area contributed by atoms with E-state index in [1.807, 2.05) is 37.3 Å². The van der Waals surface area contributed by atoms with Gasteiger partial charge in [0.2, 0.25) is 0 Å². The van der Waals surface area contributed by atoms with Gasteiger partial charge in [0.1, 0.15) is 5.52 Å². The second-order valence-electron chi connectivity index (χ2n) is 6.52. The summed E-state index contributed by atoms with van der Waals surface area (Å²) >= 11 is 1.36. The fourth-order valence-corrected chi connectivity index (χ4v) is 3.70. The van der Waals surface area contributed by atoms with E-state index in [9.17, 15) is 13.2 Å². The van der Waals surface area contributed by atoms with Crippen LogP contribution in [0.4, 0.5) is 13.2 Å². The van der Waals surface area contributed by atoms with E-state index in [0.29, 0.717) is 16.6 Å². The third-order valence-electron chi connectivity index (χ3n) is 4.36. The molecule has 0 aliphatic rings. The first-order valence-corrected chi connectivity index (χ1v) is 9.64. The first-order valence-electron chi connectivity index (χ1n) is 8.65. The van der Waals surface area contributed by atoms with E-state index in [-0.39, 0.29) is 0 Å². The maximum atomic E-state index is 12.6. The summed E-state index contributed by atoms with van der Waals surface area (Å²) in [4.78, 5) is 4.51. The van der Waals surface area contributed by atoms with Crippen LogP contribution in [0.2, 0.25) is 0 Å². The Balaban J connectivity index is 1.50. The number of alkyl halides is 3. The predicted octanol–water partition coefficient (Wildman–Crippen LogP) is 7.11. The summed E-state index contributed by atoms with van der Waals surface area (Å²) in [6, 6.07) is 19.2. The number of rotatable bonds is 4. The Labute approximate surface area is 164 Å². The van der Waals surface area contributed by atoms with Gasteiger partial charge in [0, 0.05) is 5.75 Å². The number of oxazole rings is 1. The Kier molecular flexibility index (Phi) is 4.89. The Hall–Kier alpha value is -2.73. The minimum absolute atomic E-state index is 0.482.